The molecule has 0 aliphatic heterocycles. The van der Waals surface area contributed by atoms with Gasteiger partial charge in [0.2, 0.25) is 5.78 Å². The number of benzene rings is 2. The van der Waals surface area contributed by atoms with Gasteiger partial charge >= 0.3 is 0 Å². The number of hydrogen-bond donors (Lipinski definition) is 0. The van der Waals surface area contributed by atoms with Gasteiger partial charge in [0.25, 0.3) is 0 Å². The average molecular weight is 370 g/mol. The van der Waals surface area contributed by atoms with Crippen LogP contribution >= 0.6 is 0 Å². The number of Topliss-reactive ketones (excluding diaryl/α,β-unsaturated/α-hetero) is 1. The lowest BCUT2D eigenvalue weighted by atomic mass is 10.0. The molecule has 0 saturated heterocycles. The van der Waals surface area contributed by atoms with E-state index in [-0.39, 0.29) is 12.4 Å². The van der Waals surface area contributed by atoms with Gasteiger partial charge in [0, 0.05) is 23.0 Å². The summed E-state index contributed by atoms with van der Waals surface area (Å²) in [6.07, 6.45) is 2.40. The van der Waals surface area contributed by atoms with Gasteiger partial charge in [-0.2, -0.15) is 5.26 Å². The molecule has 3 aromatic rings. The minimum Gasteiger partial charge on any atom is -0.485 e. The molecule has 0 spiro atoms. The molecule has 1 aliphatic rings. The van der Waals surface area contributed by atoms with Crippen LogP contribution in [-0.2, 0) is 0 Å². The number of hydrogen-bond acceptors (Lipinski definition) is 3. The van der Waals surface area contributed by atoms with E-state index in [1.807, 2.05) is 49.4 Å². The van der Waals surface area contributed by atoms with Gasteiger partial charge in [-0.05, 0) is 68.1 Å². The number of ether oxygens (including phenoxy) is 1. The van der Waals surface area contributed by atoms with Crippen molar-refractivity contribution in [1.29, 1.82) is 5.26 Å². The number of aryl methyl sites for hydroxylation is 1. The van der Waals surface area contributed by atoms with E-state index in [0.29, 0.717) is 17.4 Å². The Morgan fingerprint density at radius 3 is 2.25 bits per heavy atom. The number of ketones is 1. The Bertz CT molecular complexity index is 1050. The number of rotatable bonds is 6. The number of nitrogens with zero attached hydrogens (tertiary/aromatic N) is 2. The molecule has 0 N–H and O–H groups in total. The highest BCUT2D eigenvalue weighted by Crippen LogP contribution is 2.38. The van der Waals surface area contributed by atoms with Gasteiger partial charge in [0.1, 0.15) is 5.75 Å². The van der Waals surface area contributed by atoms with Crippen LogP contribution < -0.4 is 4.74 Å². The van der Waals surface area contributed by atoms with Crippen molar-refractivity contribution in [3.05, 3.63) is 77.1 Å². The molecule has 4 rings (SSSR count). The van der Waals surface area contributed by atoms with Gasteiger partial charge < -0.3 is 9.30 Å². The first-order valence-electron chi connectivity index (χ1n) is 9.52. The maximum absolute atomic E-state index is 12.6. The van der Waals surface area contributed by atoms with Crippen molar-refractivity contribution < 1.29 is 9.53 Å². The van der Waals surface area contributed by atoms with Crippen LogP contribution in [0.4, 0.5) is 0 Å². The minimum atomic E-state index is 0.0103. The van der Waals surface area contributed by atoms with Crippen molar-refractivity contribution in [3.8, 4) is 22.9 Å². The van der Waals surface area contributed by atoms with E-state index in [1.54, 1.807) is 12.1 Å². The number of nitriles is 1. The van der Waals surface area contributed by atoms with Crippen molar-refractivity contribution in [2.45, 2.75) is 32.7 Å². The fraction of sp³-hybridized carbons (Fsp3) is 0.250. The summed E-state index contributed by atoms with van der Waals surface area (Å²) in [4.78, 5) is 12.6. The van der Waals surface area contributed by atoms with Crippen LogP contribution in [0, 0.1) is 25.2 Å². The molecule has 1 aliphatic carbocycles. The Kier molecular flexibility index (Phi) is 4.75. The summed E-state index contributed by atoms with van der Waals surface area (Å²) in [5.74, 6) is 0.679. The molecule has 28 heavy (non-hydrogen) atoms. The first kappa shape index (κ1) is 18.1. The van der Waals surface area contributed by atoms with Gasteiger partial charge in [-0.3, -0.25) is 4.79 Å². The third-order valence-electron chi connectivity index (χ3n) is 5.27. The average Bonchev–Trinajstić information content (AvgIpc) is 3.51. The quantitative estimate of drug-likeness (QED) is 0.558. The van der Waals surface area contributed by atoms with Crippen LogP contribution in [0.15, 0.2) is 54.6 Å². The fourth-order valence-corrected chi connectivity index (χ4v) is 3.66. The van der Waals surface area contributed by atoms with E-state index in [0.717, 1.165) is 28.1 Å². The van der Waals surface area contributed by atoms with Crippen LogP contribution in [0.1, 0.15) is 46.2 Å². The summed E-state index contributed by atoms with van der Waals surface area (Å²) >= 11 is 0. The van der Waals surface area contributed by atoms with E-state index in [1.165, 1.54) is 12.8 Å². The Morgan fingerprint density at radius 2 is 1.68 bits per heavy atom. The molecule has 140 valence electrons. The number of carbonyl (C=O) groups is 1. The smallest absolute Gasteiger partial charge is 0.202 e. The van der Waals surface area contributed by atoms with Gasteiger partial charge in [-0.15, -0.1) is 0 Å². The van der Waals surface area contributed by atoms with Gasteiger partial charge in [-0.1, -0.05) is 24.3 Å². The van der Waals surface area contributed by atoms with Gasteiger partial charge in [0.15, 0.2) is 6.61 Å². The molecule has 0 unspecified atom stereocenters. The standard InChI is InChI=1S/C24H22N2O2/c1-16-13-23(17(2)26(16)21-9-10-21)24(27)15-28-22-11-7-20(8-12-22)19-5-3-18(14-25)4-6-19/h3-8,11-13,21H,9-10,15H2,1-2H3. The summed E-state index contributed by atoms with van der Waals surface area (Å²) in [7, 11) is 0. The minimum absolute atomic E-state index is 0.0103. The number of carbonyl (C=O) groups excluding carboxylic acids is 1. The molecule has 1 heterocycles. The molecule has 4 nitrogen and oxygen atoms in total. The topological polar surface area (TPSA) is 55.0 Å². The first-order chi connectivity index (χ1) is 13.6. The Morgan fingerprint density at radius 1 is 1.07 bits per heavy atom. The second-order valence-electron chi connectivity index (χ2n) is 7.31. The molecule has 1 fully saturated rings. The SMILES string of the molecule is Cc1cc(C(=O)COc2ccc(-c3ccc(C#N)cc3)cc2)c(C)n1C1CC1. The molecular formula is C24H22N2O2. The summed E-state index contributed by atoms with van der Waals surface area (Å²) in [5.41, 5.74) is 5.67. The van der Waals surface area contributed by atoms with Crippen molar-refractivity contribution in [3.63, 3.8) is 0 Å². The molecule has 0 amide bonds. The third-order valence-corrected chi connectivity index (χ3v) is 5.27. The lowest BCUT2D eigenvalue weighted by Crippen LogP contribution is -2.12. The van der Waals surface area contributed by atoms with Crippen LogP contribution in [0.25, 0.3) is 11.1 Å². The van der Waals surface area contributed by atoms with Crippen molar-refractivity contribution in [2.75, 3.05) is 6.61 Å². The van der Waals surface area contributed by atoms with Crippen LogP contribution in [-0.4, -0.2) is 17.0 Å². The monoisotopic (exact) mass is 370 g/mol. The fourth-order valence-electron chi connectivity index (χ4n) is 3.66. The Hall–Kier alpha value is -3.32. The Labute approximate surface area is 165 Å². The normalized spacial score (nSPS) is 13.2. The van der Waals surface area contributed by atoms with E-state index < -0.39 is 0 Å². The van der Waals surface area contributed by atoms with Gasteiger partial charge in [-0.25, -0.2) is 0 Å². The molecule has 1 saturated carbocycles. The summed E-state index contributed by atoms with van der Waals surface area (Å²) in [6.45, 7) is 4.11. The maximum atomic E-state index is 12.6. The molecule has 2 aromatic carbocycles. The van der Waals surface area contributed by atoms with Crippen LogP contribution in [0.2, 0.25) is 0 Å². The van der Waals surface area contributed by atoms with E-state index >= 15 is 0 Å². The number of aromatic nitrogens is 1. The molecule has 1 aromatic heterocycles. The van der Waals surface area contributed by atoms with Crippen molar-refractivity contribution in [1.82, 2.24) is 4.57 Å². The summed E-state index contributed by atoms with van der Waals surface area (Å²) in [5, 5.41) is 8.89. The maximum Gasteiger partial charge on any atom is 0.202 e. The van der Waals surface area contributed by atoms with Crippen LogP contribution in [0.5, 0.6) is 5.75 Å². The summed E-state index contributed by atoms with van der Waals surface area (Å²) in [6, 6.07) is 19.8. The van der Waals surface area contributed by atoms with Crippen molar-refractivity contribution in [2.24, 2.45) is 0 Å². The summed E-state index contributed by atoms with van der Waals surface area (Å²) < 4.78 is 8.01. The molecule has 0 radical (unpaired) electrons. The lowest BCUT2D eigenvalue weighted by Gasteiger charge is -2.09. The van der Waals surface area contributed by atoms with Gasteiger partial charge in [0.05, 0.1) is 11.6 Å². The molecule has 0 atom stereocenters. The Balaban J connectivity index is 1.41. The van der Waals surface area contributed by atoms with Crippen molar-refractivity contribution >= 4 is 5.78 Å². The zero-order valence-electron chi connectivity index (χ0n) is 16.1. The zero-order valence-corrected chi connectivity index (χ0v) is 16.1. The highest BCUT2D eigenvalue weighted by molar-refractivity contribution is 5.98. The lowest BCUT2D eigenvalue weighted by molar-refractivity contribution is 0.0921. The van der Waals surface area contributed by atoms with E-state index in [4.69, 9.17) is 10.00 Å². The second kappa shape index (κ2) is 7.36. The molecule has 4 heteroatoms. The zero-order chi connectivity index (χ0) is 19.7. The second-order valence-corrected chi connectivity index (χ2v) is 7.31. The molecule has 0 bridgehead atoms. The van der Waals surface area contributed by atoms with E-state index in [9.17, 15) is 4.79 Å². The largest absolute Gasteiger partial charge is 0.485 e. The van der Waals surface area contributed by atoms with Crippen LogP contribution in [0.3, 0.4) is 0 Å². The highest BCUT2D eigenvalue weighted by atomic mass is 16.5. The predicted octanol–water partition coefficient (Wildman–Crippen LogP) is 5.24. The molecular weight excluding hydrogens is 348 g/mol. The third kappa shape index (κ3) is 3.57. The van der Waals surface area contributed by atoms with E-state index in [2.05, 4.69) is 17.6 Å². The highest BCUT2D eigenvalue weighted by Gasteiger charge is 2.28. The predicted molar refractivity (Wildman–Crippen MR) is 109 cm³/mol. The first-order valence-corrected chi connectivity index (χ1v) is 9.52.